The van der Waals surface area contributed by atoms with Gasteiger partial charge in [0.15, 0.2) is 6.10 Å². The molecule has 4 heteroatoms. The summed E-state index contributed by atoms with van der Waals surface area (Å²) >= 11 is 0. The highest BCUT2D eigenvalue weighted by molar-refractivity contribution is 5.81. The summed E-state index contributed by atoms with van der Waals surface area (Å²) in [4.78, 5) is 15.3. The van der Waals surface area contributed by atoms with Crippen molar-refractivity contribution in [3.8, 4) is 5.75 Å². The van der Waals surface area contributed by atoms with Gasteiger partial charge in [0.25, 0.3) is 5.91 Å². The molecule has 1 fully saturated rings. The molecule has 3 unspecified atom stereocenters. The highest BCUT2D eigenvalue weighted by Gasteiger charge is 2.21. The van der Waals surface area contributed by atoms with Crippen LogP contribution in [0.5, 0.6) is 5.75 Å². The van der Waals surface area contributed by atoms with Crippen LogP contribution in [0.25, 0.3) is 0 Å². The fraction of sp³-hybridized carbons (Fsp3) is 0.500. The van der Waals surface area contributed by atoms with Crippen molar-refractivity contribution in [1.29, 1.82) is 0 Å². The van der Waals surface area contributed by atoms with E-state index in [0.717, 1.165) is 36.7 Å². The third-order valence-corrected chi connectivity index (χ3v) is 6.05. The van der Waals surface area contributed by atoms with Crippen LogP contribution in [0.3, 0.4) is 0 Å². The highest BCUT2D eigenvalue weighted by Crippen LogP contribution is 2.25. The summed E-state index contributed by atoms with van der Waals surface area (Å²) in [5.41, 5.74) is 3.64. The fourth-order valence-electron chi connectivity index (χ4n) is 4.08. The summed E-state index contributed by atoms with van der Waals surface area (Å²) in [5, 5.41) is 3.12. The van der Waals surface area contributed by atoms with Crippen LogP contribution in [-0.2, 0) is 11.2 Å². The Morgan fingerprint density at radius 1 is 1.13 bits per heavy atom. The van der Waals surface area contributed by atoms with Crippen molar-refractivity contribution < 1.29 is 9.53 Å². The minimum atomic E-state index is -0.492. The monoisotopic (exact) mass is 408 g/mol. The molecule has 3 atom stereocenters. The van der Waals surface area contributed by atoms with Crippen LogP contribution in [0.1, 0.15) is 64.1 Å². The normalized spacial score (nSPS) is 18.5. The predicted molar refractivity (Wildman–Crippen MR) is 124 cm³/mol. The molecule has 0 radical (unpaired) electrons. The van der Waals surface area contributed by atoms with E-state index in [4.69, 9.17) is 4.74 Å². The minimum absolute atomic E-state index is 0.0630. The number of anilines is 1. The molecular weight excluding hydrogens is 372 g/mol. The van der Waals surface area contributed by atoms with Crippen LogP contribution in [0.2, 0.25) is 0 Å². The molecule has 0 aromatic heterocycles. The fourth-order valence-corrected chi connectivity index (χ4v) is 4.08. The second-order valence-electron chi connectivity index (χ2n) is 8.53. The lowest BCUT2D eigenvalue weighted by Crippen LogP contribution is -2.39. The number of rotatable bonds is 8. The molecule has 0 bridgehead atoms. The maximum absolute atomic E-state index is 12.8. The van der Waals surface area contributed by atoms with E-state index in [0.29, 0.717) is 6.42 Å². The lowest BCUT2D eigenvalue weighted by atomic mass is 9.99. The molecule has 0 aliphatic carbocycles. The van der Waals surface area contributed by atoms with Gasteiger partial charge in [0, 0.05) is 18.8 Å². The van der Waals surface area contributed by atoms with Gasteiger partial charge in [-0.25, -0.2) is 0 Å². The summed E-state index contributed by atoms with van der Waals surface area (Å²) < 4.78 is 5.95. The number of amides is 1. The van der Waals surface area contributed by atoms with Crippen molar-refractivity contribution in [3.63, 3.8) is 0 Å². The molecule has 1 aliphatic heterocycles. The Morgan fingerprint density at radius 3 is 2.43 bits per heavy atom. The van der Waals surface area contributed by atoms with Crippen LogP contribution >= 0.6 is 0 Å². The molecule has 162 valence electrons. The smallest absolute Gasteiger partial charge is 0.261 e. The van der Waals surface area contributed by atoms with E-state index < -0.39 is 6.10 Å². The molecular formula is C26H36N2O2. The first-order valence-corrected chi connectivity index (χ1v) is 11.4. The van der Waals surface area contributed by atoms with E-state index >= 15 is 0 Å². The maximum Gasteiger partial charge on any atom is 0.261 e. The molecule has 0 spiro atoms. The Balaban J connectivity index is 1.57. The molecule has 4 nitrogen and oxygen atoms in total. The van der Waals surface area contributed by atoms with Gasteiger partial charge in [0.05, 0.1) is 6.04 Å². The Labute approximate surface area is 181 Å². The van der Waals surface area contributed by atoms with Gasteiger partial charge in [0.2, 0.25) is 0 Å². The van der Waals surface area contributed by atoms with E-state index in [9.17, 15) is 4.79 Å². The van der Waals surface area contributed by atoms with Crippen LogP contribution in [0, 0.1) is 5.92 Å². The first-order chi connectivity index (χ1) is 14.5. The number of carbonyl (C=O) groups is 1. The summed E-state index contributed by atoms with van der Waals surface area (Å²) in [6, 6.07) is 16.5. The van der Waals surface area contributed by atoms with Gasteiger partial charge in [-0.1, -0.05) is 45.0 Å². The van der Waals surface area contributed by atoms with Gasteiger partial charge in [0.1, 0.15) is 5.75 Å². The quantitative estimate of drug-likeness (QED) is 0.625. The zero-order valence-corrected chi connectivity index (χ0v) is 18.9. The first-order valence-electron chi connectivity index (χ1n) is 11.4. The number of carbonyl (C=O) groups excluding carboxylic acids is 1. The number of hydrogen-bond donors (Lipinski definition) is 1. The van der Waals surface area contributed by atoms with E-state index in [1.165, 1.54) is 24.1 Å². The third kappa shape index (κ3) is 5.78. The van der Waals surface area contributed by atoms with Crippen molar-refractivity contribution >= 4 is 11.6 Å². The van der Waals surface area contributed by atoms with Crippen molar-refractivity contribution in [2.24, 2.45) is 5.92 Å². The molecule has 1 heterocycles. The minimum Gasteiger partial charge on any atom is -0.481 e. The number of ether oxygens (including phenoxy) is 1. The standard InChI is InChI=1S/C26H36N2O2/c1-5-21-9-15-24(16-10-21)30-25(6-2)26(29)27-20(4)22-11-13-23(14-12-22)28-17-7-8-19(3)18-28/h9-16,19-20,25H,5-8,17-18H2,1-4H3,(H,27,29). The maximum atomic E-state index is 12.8. The second kappa shape index (κ2) is 10.5. The van der Waals surface area contributed by atoms with Gasteiger partial charge < -0.3 is 15.0 Å². The number of benzene rings is 2. The van der Waals surface area contributed by atoms with Crippen LogP contribution in [-0.4, -0.2) is 25.1 Å². The van der Waals surface area contributed by atoms with Gasteiger partial charge in [-0.05, 0) is 73.9 Å². The van der Waals surface area contributed by atoms with Crippen molar-refractivity contribution in [1.82, 2.24) is 5.32 Å². The van der Waals surface area contributed by atoms with E-state index in [1.807, 2.05) is 38.1 Å². The number of piperidine rings is 1. The summed E-state index contributed by atoms with van der Waals surface area (Å²) in [6.45, 7) is 10.7. The molecule has 1 aliphatic rings. The summed E-state index contributed by atoms with van der Waals surface area (Å²) in [5.74, 6) is 1.42. The molecule has 1 amide bonds. The molecule has 0 saturated carbocycles. The molecule has 1 N–H and O–H groups in total. The molecule has 3 rings (SSSR count). The second-order valence-corrected chi connectivity index (χ2v) is 8.53. The Bertz CT molecular complexity index is 801. The Kier molecular flexibility index (Phi) is 7.78. The van der Waals surface area contributed by atoms with Gasteiger partial charge in [-0.2, -0.15) is 0 Å². The summed E-state index contributed by atoms with van der Waals surface area (Å²) in [7, 11) is 0. The zero-order valence-electron chi connectivity index (χ0n) is 18.9. The van der Waals surface area contributed by atoms with Gasteiger partial charge in [-0.3, -0.25) is 4.79 Å². The lowest BCUT2D eigenvalue weighted by Gasteiger charge is -2.33. The number of aryl methyl sites for hydroxylation is 1. The molecule has 2 aromatic rings. The number of nitrogens with zero attached hydrogens (tertiary/aromatic N) is 1. The molecule has 30 heavy (non-hydrogen) atoms. The van der Waals surface area contributed by atoms with E-state index in [2.05, 4.69) is 48.3 Å². The van der Waals surface area contributed by atoms with Crippen LogP contribution in [0.15, 0.2) is 48.5 Å². The predicted octanol–water partition coefficient (Wildman–Crippen LogP) is 5.52. The molecule has 1 saturated heterocycles. The van der Waals surface area contributed by atoms with E-state index in [1.54, 1.807) is 0 Å². The highest BCUT2D eigenvalue weighted by atomic mass is 16.5. The topological polar surface area (TPSA) is 41.6 Å². The number of hydrogen-bond acceptors (Lipinski definition) is 3. The number of nitrogens with one attached hydrogen (secondary N) is 1. The zero-order chi connectivity index (χ0) is 21.5. The van der Waals surface area contributed by atoms with Gasteiger partial charge >= 0.3 is 0 Å². The largest absolute Gasteiger partial charge is 0.481 e. The summed E-state index contributed by atoms with van der Waals surface area (Å²) in [6.07, 6.45) is 3.70. The Hall–Kier alpha value is -2.49. The van der Waals surface area contributed by atoms with Crippen molar-refractivity contribution in [3.05, 3.63) is 59.7 Å². The third-order valence-electron chi connectivity index (χ3n) is 6.05. The average molecular weight is 409 g/mol. The van der Waals surface area contributed by atoms with Crippen molar-refractivity contribution in [2.45, 2.75) is 65.5 Å². The first kappa shape index (κ1) is 22.2. The lowest BCUT2D eigenvalue weighted by molar-refractivity contribution is -0.128. The van der Waals surface area contributed by atoms with Crippen molar-refractivity contribution in [2.75, 3.05) is 18.0 Å². The van der Waals surface area contributed by atoms with Crippen LogP contribution < -0.4 is 15.0 Å². The SMILES string of the molecule is CCc1ccc(OC(CC)C(=O)NC(C)c2ccc(N3CCCC(C)C3)cc2)cc1. The average Bonchev–Trinajstić information content (AvgIpc) is 2.77. The van der Waals surface area contributed by atoms with Crippen LogP contribution in [0.4, 0.5) is 5.69 Å². The Morgan fingerprint density at radius 2 is 1.83 bits per heavy atom. The molecule has 2 aromatic carbocycles. The van der Waals surface area contributed by atoms with E-state index in [-0.39, 0.29) is 11.9 Å². The van der Waals surface area contributed by atoms with Gasteiger partial charge in [-0.15, -0.1) is 0 Å².